The molecule has 2 nitrogen and oxygen atoms in total. The van der Waals surface area contributed by atoms with Gasteiger partial charge in [-0.1, -0.05) is 0 Å². The van der Waals surface area contributed by atoms with Gasteiger partial charge >= 0.3 is 0 Å². The van der Waals surface area contributed by atoms with Gasteiger partial charge in [0.2, 0.25) is 0 Å². The monoisotopic (exact) mass is 148 g/mol. The van der Waals surface area contributed by atoms with Crippen LogP contribution in [0.1, 0.15) is 11.1 Å². The van der Waals surface area contributed by atoms with Crippen LogP contribution in [0.4, 0.5) is 0 Å². The minimum atomic E-state index is 1.08. The van der Waals surface area contributed by atoms with Gasteiger partial charge in [-0.15, -0.1) is 0 Å². The summed E-state index contributed by atoms with van der Waals surface area (Å²) in [5.41, 5.74) is 2.86. The predicted octanol–water partition coefficient (Wildman–Crippen LogP) is 1.07. The Hall–Kier alpha value is -0.890. The zero-order chi connectivity index (χ0) is 7.68. The Bertz CT molecular complexity index is 257. The van der Waals surface area contributed by atoms with Crippen LogP contribution in [0.25, 0.3) is 0 Å². The van der Waals surface area contributed by atoms with E-state index in [0.29, 0.717) is 0 Å². The van der Waals surface area contributed by atoms with E-state index in [9.17, 15) is 0 Å². The molecule has 1 aromatic rings. The number of hydrogen-bond donors (Lipinski definition) is 0. The number of rotatable bonds is 0. The molecular formula is C9H12N2. The summed E-state index contributed by atoms with van der Waals surface area (Å²) in [6, 6.07) is 2.12. The molecule has 0 saturated carbocycles. The molecule has 2 heterocycles. The van der Waals surface area contributed by atoms with Crippen molar-refractivity contribution < 1.29 is 0 Å². The van der Waals surface area contributed by atoms with Gasteiger partial charge in [-0.05, 0) is 30.7 Å². The fourth-order valence-corrected chi connectivity index (χ4v) is 1.52. The second kappa shape index (κ2) is 2.62. The molecule has 58 valence electrons. The van der Waals surface area contributed by atoms with Gasteiger partial charge < -0.3 is 4.90 Å². The molecule has 0 atom stereocenters. The third kappa shape index (κ3) is 1.26. The Kier molecular flexibility index (Phi) is 1.62. The summed E-state index contributed by atoms with van der Waals surface area (Å²) in [6.07, 6.45) is 5.01. The highest BCUT2D eigenvalue weighted by Gasteiger charge is 2.11. The first kappa shape index (κ1) is 6.80. The lowest BCUT2D eigenvalue weighted by Gasteiger charge is -2.23. The van der Waals surface area contributed by atoms with Crippen molar-refractivity contribution in [3.05, 3.63) is 29.6 Å². The summed E-state index contributed by atoms with van der Waals surface area (Å²) in [5.74, 6) is 0. The van der Waals surface area contributed by atoms with Crippen molar-refractivity contribution in [1.29, 1.82) is 0 Å². The first-order valence-electron chi connectivity index (χ1n) is 3.96. The van der Waals surface area contributed by atoms with Crippen LogP contribution in [0.15, 0.2) is 18.5 Å². The summed E-state index contributed by atoms with van der Waals surface area (Å²) in [7, 11) is 2.16. The SMILES string of the molecule is CN1CCc2cnccc2C1. The molecule has 0 unspecified atom stereocenters. The largest absolute Gasteiger partial charge is 0.302 e. The van der Waals surface area contributed by atoms with Crippen LogP contribution in [0.2, 0.25) is 0 Å². The maximum atomic E-state index is 4.10. The summed E-state index contributed by atoms with van der Waals surface area (Å²) in [4.78, 5) is 6.44. The topological polar surface area (TPSA) is 16.1 Å². The molecule has 0 aliphatic carbocycles. The van der Waals surface area contributed by atoms with Crippen LogP contribution in [0, 0.1) is 0 Å². The Morgan fingerprint density at radius 2 is 2.36 bits per heavy atom. The second-order valence-electron chi connectivity index (χ2n) is 3.13. The highest BCUT2D eigenvalue weighted by molar-refractivity contribution is 5.25. The average Bonchev–Trinajstić information content (AvgIpc) is 2.04. The molecule has 0 amide bonds. The van der Waals surface area contributed by atoms with Gasteiger partial charge in [0.05, 0.1) is 0 Å². The molecule has 0 aromatic carbocycles. The number of pyridine rings is 1. The summed E-state index contributed by atoms with van der Waals surface area (Å²) < 4.78 is 0. The van der Waals surface area contributed by atoms with Crippen molar-refractivity contribution in [2.24, 2.45) is 0 Å². The molecular weight excluding hydrogens is 136 g/mol. The van der Waals surface area contributed by atoms with E-state index in [0.717, 1.165) is 13.0 Å². The summed E-state index contributed by atoms with van der Waals surface area (Å²) >= 11 is 0. The molecule has 1 aliphatic heterocycles. The van der Waals surface area contributed by atoms with Crippen molar-refractivity contribution in [3.8, 4) is 0 Å². The van der Waals surface area contributed by atoms with Crippen LogP contribution in [0.3, 0.4) is 0 Å². The molecule has 0 saturated heterocycles. The average molecular weight is 148 g/mol. The normalized spacial score (nSPS) is 17.9. The van der Waals surface area contributed by atoms with Crippen molar-refractivity contribution in [2.45, 2.75) is 13.0 Å². The van der Waals surface area contributed by atoms with E-state index in [-0.39, 0.29) is 0 Å². The zero-order valence-corrected chi connectivity index (χ0v) is 6.75. The van der Waals surface area contributed by atoms with E-state index < -0.39 is 0 Å². The number of nitrogens with zero attached hydrogens (tertiary/aromatic N) is 2. The lowest BCUT2D eigenvalue weighted by Crippen LogP contribution is -2.26. The van der Waals surface area contributed by atoms with Gasteiger partial charge in [0.15, 0.2) is 0 Å². The molecule has 0 fully saturated rings. The molecule has 1 aromatic heterocycles. The molecule has 0 spiro atoms. The molecule has 0 N–H and O–H groups in total. The van der Waals surface area contributed by atoms with Gasteiger partial charge in [-0.2, -0.15) is 0 Å². The van der Waals surface area contributed by atoms with E-state index in [1.807, 2.05) is 12.4 Å². The van der Waals surface area contributed by atoms with Gasteiger partial charge in [0.1, 0.15) is 0 Å². The maximum Gasteiger partial charge on any atom is 0.0303 e. The highest BCUT2D eigenvalue weighted by Crippen LogP contribution is 2.15. The number of aromatic nitrogens is 1. The highest BCUT2D eigenvalue weighted by atomic mass is 15.1. The molecule has 11 heavy (non-hydrogen) atoms. The van der Waals surface area contributed by atoms with Crippen LogP contribution >= 0.6 is 0 Å². The van der Waals surface area contributed by atoms with E-state index in [1.54, 1.807) is 0 Å². The van der Waals surface area contributed by atoms with Crippen molar-refractivity contribution in [3.63, 3.8) is 0 Å². The third-order valence-electron chi connectivity index (χ3n) is 2.21. The van der Waals surface area contributed by atoms with E-state index in [2.05, 4.69) is 23.0 Å². The van der Waals surface area contributed by atoms with Gasteiger partial charge in [-0.25, -0.2) is 0 Å². The molecule has 2 rings (SSSR count). The van der Waals surface area contributed by atoms with Crippen LogP contribution in [-0.2, 0) is 13.0 Å². The van der Waals surface area contributed by atoms with E-state index in [1.165, 1.54) is 17.7 Å². The predicted molar refractivity (Wildman–Crippen MR) is 44.3 cm³/mol. The van der Waals surface area contributed by atoms with Crippen LogP contribution in [0.5, 0.6) is 0 Å². The molecule has 0 bridgehead atoms. The third-order valence-corrected chi connectivity index (χ3v) is 2.21. The molecule has 2 heteroatoms. The fourth-order valence-electron chi connectivity index (χ4n) is 1.52. The van der Waals surface area contributed by atoms with Crippen molar-refractivity contribution in [1.82, 2.24) is 9.88 Å². The first-order chi connectivity index (χ1) is 5.36. The fraction of sp³-hybridized carbons (Fsp3) is 0.444. The van der Waals surface area contributed by atoms with Crippen LogP contribution in [-0.4, -0.2) is 23.5 Å². The summed E-state index contributed by atoms with van der Waals surface area (Å²) in [5, 5.41) is 0. The van der Waals surface area contributed by atoms with Crippen LogP contribution < -0.4 is 0 Å². The lowest BCUT2D eigenvalue weighted by atomic mass is 10.0. The number of hydrogen-bond acceptors (Lipinski definition) is 2. The minimum absolute atomic E-state index is 1.08. The standard InChI is InChI=1S/C9H12N2/c1-11-5-3-8-6-10-4-2-9(8)7-11/h2,4,6H,3,5,7H2,1H3. The Morgan fingerprint density at radius 3 is 3.27 bits per heavy atom. The number of fused-ring (bicyclic) bond motifs is 1. The quantitative estimate of drug-likeness (QED) is 0.547. The smallest absolute Gasteiger partial charge is 0.0303 e. The Labute approximate surface area is 66.9 Å². The Morgan fingerprint density at radius 1 is 1.45 bits per heavy atom. The van der Waals surface area contributed by atoms with Crippen molar-refractivity contribution >= 4 is 0 Å². The second-order valence-corrected chi connectivity index (χ2v) is 3.13. The van der Waals surface area contributed by atoms with Gasteiger partial charge in [0, 0.05) is 25.5 Å². The van der Waals surface area contributed by atoms with E-state index in [4.69, 9.17) is 0 Å². The zero-order valence-electron chi connectivity index (χ0n) is 6.75. The Balaban J connectivity index is 2.34. The first-order valence-corrected chi connectivity index (χ1v) is 3.96. The summed E-state index contributed by atoms with van der Waals surface area (Å²) in [6.45, 7) is 2.25. The lowest BCUT2D eigenvalue weighted by molar-refractivity contribution is 0.312. The van der Waals surface area contributed by atoms with Crippen molar-refractivity contribution in [2.75, 3.05) is 13.6 Å². The molecule has 0 radical (unpaired) electrons. The van der Waals surface area contributed by atoms with Gasteiger partial charge in [0.25, 0.3) is 0 Å². The van der Waals surface area contributed by atoms with Gasteiger partial charge in [-0.3, -0.25) is 4.98 Å². The maximum absolute atomic E-state index is 4.10. The minimum Gasteiger partial charge on any atom is -0.302 e. The number of likely N-dealkylation sites (N-methyl/N-ethyl adjacent to an activating group) is 1. The molecule has 1 aliphatic rings. The van der Waals surface area contributed by atoms with E-state index >= 15 is 0 Å².